The van der Waals surface area contributed by atoms with Crippen molar-refractivity contribution in [3.8, 4) is 11.5 Å². The molecule has 0 aliphatic heterocycles. The highest BCUT2D eigenvalue weighted by molar-refractivity contribution is 5.44. The number of hydrogen-bond acceptors (Lipinski definition) is 2. The van der Waals surface area contributed by atoms with E-state index in [2.05, 4.69) is 33.8 Å². The van der Waals surface area contributed by atoms with Crippen LogP contribution in [0.3, 0.4) is 0 Å². The molecule has 1 aromatic carbocycles. The fourth-order valence-electron chi connectivity index (χ4n) is 2.18. The third-order valence-electron chi connectivity index (χ3n) is 3.37. The van der Waals surface area contributed by atoms with E-state index in [4.69, 9.17) is 4.74 Å². The van der Waals surface area contributed by atoms with E-state index in [1.165, 1.54) is 0 Å². The Hall–Kier alpha value is -1.70. The zero-order chi connectivity index (χ0) is 14.0. The number of phenols is 1. The Morgan fingerprint density at radius 3 is 2.63 bits per heavy atom. The fraction of sp³-hybridized carbons (Fsp3) is 0.412. The van der Waals surface area contributed by atoms with Crippen LogP contribution in [0.15, 0.2) is 42.2 Å². The smallest absolute Gasteiger partial charge is 0.130 e. The first kappa shape index (κ1) is 13.7. The molecule has 1 N–H and O–H groups in total. The van der Waals surface area contributed by atoms with Crippen molar-refractivity contribution in [3.05, 3.63) is 47.7 Å². The molecule has 1 atom stereocenters. The number of benzene rings is 1. The van der Waals surface area contributed by atoms with Gasteiger partial charge < -0.3 is 9.84 Å². The topological polar surface area (TPSA) is 29.5 Å². The van der Waals surface area contributed by atoms with E-state index >= 15 is 0 Å². The van der Waals surface area contributed by atoms with Crippen molar-refractivity contribution in [2.45, 2.75) is 39.5 Å². The average Bonchev–Trinajstić information content (AvgIpc) is 2.33. The van der Waals surface area contributed by atoms with Crippen LogP contribution in [0.5, 0.6) is 11.5 Å². The van der Waals surface area contributed by atoms with Crippen LogP contribution >= 0.6 is 0 Å². The standard InChI is InChI=1S/C17H22O2/c1-12-7-5-6-8-15(12)19-16-10-9-13(18)11-14(16)17(2,3)4/h5-6,8-12,18H,7H2,1-4H3. The molecule has 1 aliphatic rings. The van der Waals surface area contributed by atoms with Gasteiger partial charge in [-0.15, -0.1) is 0 Å². The minimum atomic E-state index is -0.0671. The second-order valence-electron chi connectivity index (χ2n) is 6.17. The van der Waals surface area contributed by atoms with E-state index in [0.717, 1.165) is 23.5 Å². The fourth-order valence-corrected chi connectivity index (χ4v) is 2.18. The first-order chi connectivity index (χ1) is 8.88. The molecule has 0 aromatic heterocycles. The second-order valence-corrected chi connectivity index (χ2v) is 6.17. The monoisotopic (exact) mass is 258 g/mol. The molecule has 0 radical (unpaired) electrons. The van der Waals surface area contributed by atoms with Crippen molar-refractivity contribution >= 4 is 0 Å². The highest BCUT2D eigenvalue weighted by atomic mass is 16.5. The molecule has 102 valence electrons. The summed E-state index contributed by atoms with van der Waals surface area (Å²) in [6.07, 6.45) is 7.22. The first-order valence-corrected chi connectivity index (χ1v) is 6.76. The van der Waals surface area contributed by atoms with Gasteiger partial charge >= 0.3 is 0 Å². The van der Waals surface area contributed by atoms with Crippen LogP contribution in [0.2, 0.25) is 0 Å². The third kappa shape index (κ3) is 3.19. The zero-order valence-electron chi connectivity index (χ0n) is 12.1. The third-order valence-corrected chi connectivity index (χ3v) is 3.37. The lowest BCUT2D eigenvalue weighted by molar-refractivity contribution is 0.345. The van der Waals surface area contributed by atoms with Crippen LogP contribution in [0.1, 0.15) is 39.7 Å². The number of ether oxygens (including phenoxy) is 1. The lowest BCUT2D eigenvalue weighted by atomic mass is 9.86. The summed E-state index contributed by atoms with van der Waals surface area (Å²) in [6, 6.07) is 5.31. The Morgan fingerprint density at radius 1 is 1.26 bits per heavy atom. The highest BCUT2D eigenvalue weighted by Crippen LogP contribution is 2.36. The summed E-state index contributed by atoms with van der Waals surface area (Å²) < 4.78 is 6.08. The summed E-state index contributed by atoms with van der Waals surface area (Å²) in [4.78, 5) is 0. The predicted octanol–water partition coefficient (Wildman–Crippen LogP) is 4.55. The Labute approximate surface area is 115 Å². The van der Waals surface area contributed by atoms with Crippen molar-refractivity contribution in [2.75, 3.05) is 0 Å². The molecule has 1 aliphatic carbocycles. The van der Waals surface area contributed by atoms with Gasteiger partial charge in [-0.25, -0.2) is 0 Å². The molecule has 0 fully saturated rings. The van der Waals surface area contributed by atoms with Gasteiger partial charge in [-0.1, -0.05) is 39.8 Å². The maximum absolute atomic E-state index is 9.68. The van der Waals surface area contributed by atoms with Crippen LogP contribution < -0.4 is 4.74 Å². The van der Waals surface area contributed by atoms with Crippen LogP contribution in [0, 0.1) is 5.92 Å². The summed E-state index contributed by atoms with van der Waals surface area (Å²) in [5, 5.41) is 9.68. The summed E-state index contributed by atoms with van der Waals surface area (Å²) in [6.45, 7) is 8.51. The molecule has 19 heavy (non-hydrogen) atoms. The summed E-state index contributed by atoms with van der Waals surface area (Å²) in [5.74, 6) is 2.49. The van der Waals surface area contributed by atoms with Gasteiger partial charge in [-0.2, -0.15) is 0 Å². The van der Waals surface area contributed by atoms with Crippen molar-refractivity contribution in [1.82, 2.24) is 0 Å². The van der Waals surface area contributed by atoms with Gasteiger partial charge in [-0.3, -0.25) is 0 Å². The van der Waals surface area contributed by atoms with Gasteiger partial charge in [-0.05, 0) is 36.1 Å². The molecule has 0 saturated carbocycles. The van der Waals surface area contributed by atoms with Crippen LogP contribution in [0.4, 0.5) is 0 Å². The maximum atomic E-state index is 9.68. The van der Waals surface area contributed by atoms with Crippen molar-refractivity contribution in [1.29, 1.82) is 0 Å². The van der Waals surface area contributed by atoms with E-state index in [1.807, 2.05) is 18.2 Å². The molecule has 0 amide bonds. The van der Waals surface area contributed by atoms with Crippen LogP contribution in [-0.4, -0.2) is 5.11 Å². The number of phenolic OH excluding ortho intramolecular Hbond substituents is 1. The van der Waals surface area contributed by atoms with Crippen molar-refractivity contribution in [2.24, 2.45) is 5.92 Å². The van der Waals surface area contributed by atoms with Gasteiger partial charge in [0.25, 0.3) is 0 Å². The number of rotatable bonds is 2. The summed E-state index contributed by atoms with van der Waals surface area (Å²) in [5.41, 5.74) is 0.956. The molecule has 0 bridgehead atoms. The molecule has 1 aromatic rings. The van der Waals surface area contributed by atoms with Gasteiger partial charge in [0.1, 0.15) is 17.3 Å². The van der Waals surface area contributed by atoms with Crippen LogP contribution in [-0.2, 0) is 5.41 Å². The molecule has 2 heteroatoms. The van der Waals surface area contributed by atoms with Gasteiger partial charge in [0.05, 0.1) is 0 Å². The lowest BCUT2D eigenvalue weighted by Gasteiger charge is -2.25. The van der Waals surface area contributed by atoms with Gasteiger partial charge in [0.15, 0.2) is 0 Å². The minimum Gasteiger partial charge on any atom is -0.508 e. The quantitative estimate of drug-likeness (QED) is 0.843. The Kier molecular flexibility index (Phi) is 3.70. The van der Waals surface area contributed by atoms with E-state index in [1.54, 1.807) is 12.1 Å². The SMILES string of the molecule is CC1CC=CC=C1Oc1ccc(O)cc1C(C)(C)C. The number of aromatic hydroxyl groups is 1. The Balaban J connectivity index is 2.35. The zero-order valence-corrected chi connectivity index (χ0v) is 12.1. The van der Waals surface area contributed by atoms with Crippen molar-refractivity contribution < 1.29 is 9.84 Å². The minimum absolute atomic E-state index is 0.0671. The molecular weight excluding hydrogens is 236 g/mol. The molecule has 0 spiro atoms. The molecule has 0 saturated heterocycles. The van der Waals surface area contributed by atoms with Gasteiger partial charge in [0.2, 0.25) is 0 Å². The second kappa shape index (κ2) is 5.12. The average molecular weight is 258 g/mol. The molecule has 2 nitrogen and oxygen atoms in total. The Morgan fingerprint density at radius 2 is 2.00 bits per heavy atom. The van der Waals surface area contributed by atoms with E-state index in [-0.39, 0.29) is 11.2 Å². The molecule has 2 rings (SSSR count). The largest absolute Gasteiger partial charge is 0.508 e. The molecular formula is C17H22O2. The normalized spacial score (nSPS) is 19.2. The van der Waals surface area contributed by atoms with Crippen molar-refractivity contribution in [3.63, 3.8) is 0 Å². The van der Waals surface area contributed by atoms with E-state index < -0.39 is 0 Å². The molecule has 0 heterocycles. The van der Waals surface area contributed by atoms with Gasteiger partial charge in [0, 0.05) is 11.5 Å². The summed E-state index contributed by atoms with van der Waals surface area (Å²) in [7, 11) is 0. The number of allylic oxidation sites excluding steroid dienone is 4. The lowest BCUT2D eigenvalue weighted by Crippen LogP contribution is -2.15. The first-order valence-electron chi connectivity index (χ1n) is 6.76. The number of hydrogen-bond donors (Lipinski definition) is 1. The maximum Gasteiger partial charge on any atom is 0.130 e. The van der Waals surface area contributed by atoms with Crippen LogP contribution in [0.25, 0.3) is 0 Å². The highest BCUT2D eigenvalue weighted by Gasteiger charge is 2.22. The summed E-state index contributed by atoms with van der Waals surface area (Å²) >= 11 is 0. The van der Waals surface area contributed by atoms with E-state index in [9.17, 15) is 5.11 Å². The predicted molar refractivity (Wildman–Crippen MR) is 78.4 cm³/mol. The molecule has 1 unspecified atom stereocenters. The van der Waals surface area contributed by atoms with E-state index in [0.29, 0.717) is 5.92 Å². The Bertz CT molecular complexity index is 519.